The van der Waals surface area contributed by atoms with E-state index in [1.807, 2.05) is 33.8 Å². The van der Waals surface area contributed by atoms with Crippen molar-refractivity contribution in [2.24, 2.45) is 0 Å². The van der Waals surface area contributed by atoms with Crippen LogP contribution in [0.2, 0.25) is 0 Å². The molecule has 1 amide bonds. The van der Waals surface area contributed by atoms with E-state index in [-0.39, 0.29) is 17.8 Å². The van der Waals surface area contributed by atoms with Crippen LogP contribution in [0.5, 0.6) is 0 Å². The molecule has 0 radical (unpaired) electrons. The minimum Gasteiger partial charge on any atom is -0.444 e. The van der Waals surface area contributed by atoms with Gasteiger partial charge in [-0.15, -0.1) is 0 Å². The van der Waals surface area contributed by atoms with Crippen LogP contribution in [0.1, 0.15) is 27.7 Å². The van der Waals surface area contributed by atoms with Gasteiger partial charge in [0.1, 0.15) is 5.60 Å². The average molecular weight is 372 g/mol. The molecule has 0 aliphatic carbocycles. The highest BCUT2D eigenvalue weighted by molar-refractivity contribution is 5.93. The molecule has 8 nitrogen and oxygen atoms in total. The van der Waals surface area contributed by atoms with Crippen LogP contribution in [0.25, 0.3) is 10.9 Å². The molecule has 0 bridgehead atoms. The van der Waals surface area contributed by atoms with Gasteiger partial charge in [-0.2, -0.15) is 0 Å². The molecule has 0 N–H and O–H groups in total. The standard InChI is InChI=1S/C19H24N4O4/c1-13-12-21(18(24)27-19(2,3)4)9-10-22(13)17-7-8-20-16-6-5-14(23(25)26)11-15(16)17/h5-8,11,13H,9-10,12H2,1-4H3/t13-/m1/s1. The van der Waals surface area contributed by atoms with E-state index in [0.29, 0.717) is 25.2 Å². The first kappa shape index (κ1) is 18.9. The molecule has 0 saturated carbocycles. The number of amides is 1. The van der Waals surface area contributed by atoms with Gasteiger partial charge in [0, 0.05) is 55.1 Å². The fourth-order valence-electron chi connectivity index (χ4n) is 3.29. The maximum absolute atomic E-state index is 12.3. The zero-order chi connectivity index (χ0) is 19.8. The number of pyridine rings is 1. The number of carbonyl (C=O) groups excluding carboxylic acids is 1. The number of anilines is 1. The zero-order valence-corrected chi connectivity index (χ0v) is 16.0. The van der Waals surface area contributed by atoms with Gasteiger partial charge in [0.15, 0.2) is 0 Å². The molecule has 1 atom stereocenters. The predicted octanol–water partition coefficient (Wildman–Crippen LogP) is 3.59. The summed E-state index contributed by atoms with van der Waals surface area (Å²) in [4.78, 5) is 31.3. The summed E-state index contributed by atoms with van der Waals surface area (Å²) < 4.78 is 5.46. The molecule has 2 aromatic rings. The van der Waals surface area contributed by atoms with Gasteiger partial charge in [0.05, 0.1) is 10.4 Å². The number of ether oxygens (including phenoxy) is 1. The number of aromatic nitrogens is 1. The van der Waals surface area contributed by atoms with Crippen molar-refractivity contribution in [1.82, 2.24) is 9.88 Å². The fourth-order valence-corrected chi connectivity index (χ4v) is 3.29. The van der Waals surface area contributed by atoms with E-state index in [1.165, 1.54) is 6.07 Å². The van der Waals surface area contributed by atoms with Gasteiger partial charge in [0.25, 0.3) is 5.69 Å². The lowest BCUT2D eigenvalue weighted by molar-refractivity contribution is -0.384. The Balaban J connectivity index is 1.85. The Morgan fingerprint density at radius 1 is 1.30 bits per heavy atom. The Labute approximate surface area is 157 Å². The van der Waals surface area contributed by atoms with E-state index < -0.39 is 10.5 Å². The molecule has 8 heteroatoms. The topological polar surface area (TPSA) is 88.8 Å². The summed E-state index contributed by atoms with van der Waals surface area (Å²) in [6.45, 7) is 9.23. The summed E-state index contributed by atoms with van der Waals surface area (Å²) in [7, 11) is 0. The number of benzene rings is 1. The van der Waals surface area contributed by atoms with Crippen LogP contribution in [0.4, 0.5) is 16.2 Å². The fraction of sp³-hybridized carbons (Fsp3) is 0.474. The molecule has 27 heavy (non-hydrogen) atoms. The highest BCUT2D eigenvalue weighted by atomic mass is 16.6. The Morgan fingerprint density at radius 2 is 2.04 bits per heavy atom. The number of carbonyl (C=O) groups is 1. The Hall–Kier alpha value is -2.90. The minimum atomic E-state index is -0.530. The third kappa shape index (κ3) is 4.10. The minimum absolute atomic E-state index is 0.0381. The first-order valence-electron chi connectivity index (χ1n) is 8.93. The maximum Gasteiger partial charge on any atom is 0.410 e. The number of fused-ring (bicyclic) bond motifs is 1. The monoisotopic (exact) mass is 372 g/mol. The molecule has 2 heterocycles. The second kappa shape index (κ2) is 7.02. The highest BCUT2D eigenvalue weighted by Gasteiger charge is 2.30. The molecular formula is C19H24N4O4. The van der Waals surface area contributed by atoms with Crippen LogP contribution in [0, 0.1) is 10.1 Å². The van der Waals surface area contributed by atoms with E-state index >= 15 is 0 Å². The smallest absolute Gasteiger partial charge is 0.410 e. The number of hydrogen-bond donors (Lipinski definition) is 0. The molecule has 0 unspecified atom stereocenters. The highest BCUT2D eigenvalue weighted by Crippen LogP contribution is 2.31. The molecular weight excluding hydrogens is 348 g/mol. The van der Waals surface area contributed by atoms with E-state index in [9.17, 15) is 14.9 Å². The van der Waals surface area contributed by atoms with Crippen LogP contribution in [-0.2, 0) is 4.74 Å². The van der Waals surface area contributed by atoms with Crippen molar-refractivity contribution < 1.29 is 14.5 Å². The lowest BCUT2D eigenvalue weighted by atomic mass is 10.1. The van der Waals surface area contributed by atoms with Crippen molar-refractivity contribution in [1.29, 1.82) is 0 Å². The van der Waals surface area contributed by atoms with Crippen LogP contribution in [0.3, 0.4) is 0 Å². The van der Waals surface area contributed by atoms with E-state index in [1.54, 1.807) is 23.2 Å². The molecule has 144 valence electrons. The molecule has 3 rings (SSSR count). The van der Waals surface area contributed by atoms with Gasteiger partial charge in [0.2, 0.25) is 0 Å². The van der Waals surface area contributed by atoms with Crippen molar-refractivity contribution in [3.63, 3.8) is 0 Å². The van der Waals surface area contributed by atoms with Gasteiger partial charge in [-0.05, 0) is 39.8 Å². The van der Waals surface area contributed by atoms with Crippen LogP contribution < -0.4 is 4.90 Å². The Kier molecular flexibility index (Phi) is 4.91. The Morgan fingerprint density at radius 3 is 2.67 bits per heavy atom. The first-order valence-corrected chi connectivity index (χ1v) is 8.93. The largest absolute Gasteiger partial charge is 0.444 e. The first-order chi connectivity index (χ1) is 12.7. The quantitative estimate of drug-likeness (QED) is 0.591. The molecule has 1 aliphatic heterocycles. The second-order valence-electron chi connectivity index (χ2n) is 7.76. The van der Waals surface area contributed by atoms with E-state index in [4.69, 9.17) is 4.74 Å². The van der Waals surface area contributed by atoms with Crippen molar-refractivity contribution in [2.45, 2.75) is 39.3 Å². The molecule has 1 aromatic carbocycles. The molecule has 0 spiro atoms. The summed E-state index contributed by atoms with van der Waals surface area (Å²) in [5.74, 6) is 0. The molecule has 1 aliphatic rings. The van der Waals surface area contributed by atoms with Gasteiger partial charge < -0.3 is 14.5 Å². The average Bonchev–Trinajstić information content (AvgIpc) is 2.59. The number of rotatable bonds is 2. The number of piperazine rings is 1. The van der Waals surface area contributed by atoms with Gasteiger partial charge >= 0.3 is 6.09 Å². The third-order valence-corrected chi connectivity index (χ3v) is 4.50. The van der Waals surface area contributed by atoms with E-state index in [2.05, 4.69) is 9.88 Å². The number of hydrogen-bond acceptors (Lipinski definition) is 6. The van der Waals surface area contributed by atoms with Crippen LogP contribution >= 0.6 is 0 Å². The SMILES string of the molecule is C[C@@H]1CN(C(=O)OC(C)(C)C)CCN1c1ccnc2ccc([N+](=O)[O-])cc12. The predicted molar refractivity (Wildman–Crippen MR) is 103 cm³/mol. The Bertz CT molecular complexity index is 878. The zero-order valence-electron chi connectivity index (χ0n) is 16.0. The molecule has 1 fully saturated rings. The molecule has 1 saturated heterocycles. The third-order valence-electron chi connectivity index (χ3n) is 4.50. The maximum atomic E-state index is 12.3. The van der Waals surface area contributed by atoms with Gasteiger partial charge in [-0.3, -0.25) is 15.1 Å². The van der Waals surface area contributed by atoms with E-state index in [0.717, 1.165) is 11.1 Å². The van der Waals surface area contributed by atoms with Crippen LogP contribution in [-0.4, -0.2) is 52.2 Å². The van der Waals surface area contributed by atoms with Crippen molar-refractivity contribution >= 4 is 28.4 Å². The summed E-state index contributed by atoms with van der Waals surface area (Å²) in [5.41, 5.74) is 1.11. The summed E-state index contributed by atoms with van der Waals surface area (Å²) >= 11 is 0. The van der Waals surface area contributed by atoms with Gasteiger partial charge in [-0.25, -0.2) is 4.79 Å². The number of nitro groups is 1. The molecule has 1 aromatic heterocycles. The normalized spacial score (nSPS) is 17.9. The summed E-state index contributed by atoms with van der Waals surface area (Å²) in [5, 5.41) is 11.9. The van der Waals surface area contributed by atoms with Gasteiger partial charge in [-0.1, -0.05) is 0 Å². The summed E-state index contributed by atoms with van der Waals surface area (Å²) in [6, 6.07) is 6.59. The second-order valence-corrected chi connectivity index (χ2v) is 7.76. The number of nitrogens with zero attached hydrogens (tertiary/aromatic N) is 4. The van der Waals surface area contributed by atoms with Crippen LogP contribution in [0.15, 0.2) is 30.5 Å². The van der Waals surface area contributed by atoms with Crippen molar-refractivity contribution in [3.8, 4) is 0 Å². The van der Waals surface area contributed by atoms with Crippen molar-refractivity contribution in [2.75, 3.05) is 24.5 Å². The summed E-state index contributed by atoms with van der Waals surface area (Å²) in [6.07, 6.45) is 1.39. The van der Waals surface area contributed by atoms with Crippen molar-refractivity contribution in [3.05, 3.63) is 40.6 Å². The number of nitro benzene ring substituents is 1. The number of non-ortho nitro benzene ring substituents is 1. The lowest BCUT2D eigenvalue weighted by Crippen LogP contribution is -2.54. The lowest BCUT2D eigenvalue weighted by Gasteiger charge is -2.41.